The molecule has 2 rings (SSSR count). The smallest absolute Gasteiger partial charge is 0.350 e. The summed E-state index contributed by atoms with van der Waals surface area (Å²) in [6.07, 6.45) is -9.44. The molecule has 0 saturated carbocycles. The van der Waals surface area contributed by atoms with Crippen LogP contribution in [0.25, 0.3) is 0 Å². The molecule has 28 heavy (non-hydrogen) atoms. The zero-order valence-electron chi connectivity index (χ0n) is 14.1. The van der Waals surface area contributed by atoms with Gasteiger partial charge in [-0.2, -0.15) is 26.3 Å². The SMILES string of the molecule is O=C(NCCNC(=O)c1ccccc1C(F)(F)F)c1ccccc1C(F)(F)F. The van der Waals surface area contributed by atoms with Crippen molar-refractivity contribution in [3.05, 3.63) is 70.8 Å². The molecule has 0 unspecified atom stereocenters. The van der Waals surface area contributed by atoms with E-state index in [1.807, 2.05) is 0 Å². The van der Waals surface area contributed by atoms with Gasteiger partial charge in [0.05, 0.1) is 22.3 Å². The van der Waals surface area contributed by atoms with E-state index in [-0.39, 0.29) is 13.1 Å². The van der Waals surface area contributed by atoms with Crippen molar-refractivity contribution in [2.75, 3.05) is 13.1 Å². The van der Waals surface area contributed by atoms with Crippen LogP contribution < -0.4 is 10.6 Å². The zero-order valence-corrected chi connectivity index (χ0v) is 14.1. The van der Waals surface area contributed by atoms with E-state index in [9.17, 15) is 35.9 Å². The average molecular weight is 404 g/mol. The highest BCUT2D eigenvalue weighted by molar-refractivity contribution is 5.97. The lowest BCUT2D eigenvalue weighted by Crippen LogP contribution is -2.36. The molecule has 0 saturated heterocycles. The van der Waals surface area contributed by atoms with Crippen molar-refractivity contribution < 1.29 is 35.9 Å². The van der Waals surface area contributed by atoms with E-state index < -0.39 is 46.4 Å². The molecule has 0 aliphatic rings. The second-order valence-corrected chi connectivity index (χ2v) is 5.60. The molecular weight excluding hydrogens is 390 g/mol. The number of hydrogen-bond donors (Lipinski definition) is 2. The van der Waals surface area contributed by atoms with Crippen LogP contribution in [-0.2, 0) is 12.4 Å². The molecule has 2 aromatic rings. The molecule has 0 atom stereocenters. The number of carbonyl (C=O) groups excluding carboxylic acids is 2. The fourth-order valence-corrected chi connectivity index (χ4v) is 2.40. The summed E-state index contributed by atoms with van der Waals surface area (Å²) in [6.45, 7) is -0.546. The average Bonchev–Trinajstić information content (AvgIpc) is 2.63. The number of amides is 2. The number of carbonyl (C=O) groups is 2. The Balaban J connectivity index is 1.96. The van der Waals surface area contributed by atoms with Crippen molar-refractivity contribution in [3.63, 3.8) is 0 Å². The highest BCUT2D eigenvalue weighted by Gasteiger charge is 2.35. The summed E-state index contributed by atoms with van der Waals surface area (Å²) in [5.74, 6) is -2.03. The molecule has 2 N–H and O–H groups in total. The number of benzene rings is 2. The molecule has 150 valence electrons. The molecule has 0 aliphatic carbocycles. The fraction of sp³-hybridized carbons (Fsp3) is 0.222. The van der Waals surface area contributed by atoms with Crippen LogP contribution in [0.15, 0.2) is 48.5 Å². The summed E-state index contributed by atoms with van der Waals surface area (Å²) < 4.78 is 77.4. The van der Waals surface area contributed by atoms with Crippen molar-refractivity contribution in [2.24, 2.45) is 0 Å². The van der Waals surface area contributed by atoms with Gasteiger partial charge < -0.3 is 10.6 Å². The lowest BCUT2D eigenvalue weighted by molar-refractivity contribution is -0.138. The highest BCUT2D eigenvalue weighted by atomic mass is 19.4. The van der Waals surface area contributed by atoms with Gasteiger partial charge in [0.2, 0.25) is 0 Å². The number of hydrogen-bond acceptors (Lipinski definition) is 2. The molecule has 0 spiro atoms. The predicted molar refractivity (Wildman–Crippen MR) is 87.6 cm³/mol. The van der Waals surface area contributed by atoms with Crippen LogP contribution in [0.4, 0.5) is 26.3 Å². The minimum atomic E-state index is -4.72. The number of nitrogens with one attached hydrogen (secondary N) is 2. The maximum Gasteiger partial charge on any atom is 0.417 e. The van der Waals surface area contributed by atoms with Crippen molar-refractivity contribution in [3.8, 4) is 0 Å². The Hall–Kier alpha value is -3.04. The van der Waals surface area contributed by atoms with Gasteiger partial charge in [0.1, 0.15) is 0 Å². The van der Waals surface area contributed by atoms with Gasteiger partial charge in [-0.05, 0) is 24.3 Å². The lowest BCUT2D eigenvalue weighted by atomic mass is 10.1. The van der Waals surface area contributed by atoms with E-state index >= 15 is 0 Å². The standard InChI is InChI=1S/C18H14F6N2O2/c19-17(20,21)13-7-3-1-5-11(13)15(27)25-9-10-26-16(28)12-6-2-4-8-14(12)18(22,23)24/h1-8H,9-10H2,(H,25,27)(H,26,28). The topological polar surface area (TPSA) is 58.2 Å². The van der Waals surface area contributed by atoms with Gasteiger partial charge in [-0.25, -0.2) is 0 Å². The fourth-order valence-electron chi connectivity index (χ4n) is 2.40. The van der Waals surface area contributed by atoms with Gasteiger partial charge in [0.15, 0.2) is 0 Å². The minimum absolute atomic E-state index is 0.273. The minimum Gasteiger partial charge on any atom is -0.350 e. The first-order chi connectivity index (χ1) is 13.0. The molecule has 0 radical (unpaired) electrons. The number of alkyl halides is 6. The van der Waals surface area contributed by atoms with Gasteiger partial charge in [-0.3, -0.25) is 9.59 Å². The van der Waals surface area contributed by atoms with E-state index in [0.29, 0.717) is 0 Å². The van der Waals surface area contributed by atoms with Crippen molar-refractivity contribution >= 4 is 11.8 Å². The maximum absolute atomic E-state index is 12.9. The Morgan fingerprint density at radius 3 is 1.29 bits per heavy atom. The normalized spacial score (nSPS) is 11.8. The van der Waals surface area contributed by atoms with Crippen LogP contribution in [0, 0.1) is 0 Å². The third-order valence-corrected chi connectivity index (χ3v) is 3.65. The van der Waals surface area contributed by atoms with Gasteiger partial charge >= 0.3 is 12.4 Å². The molecule has 0 heterocycles. The maximum atomic E-state index is 12.9. The molecule has 0 aromatic heterocycles. The number of halogens is 6. The molecule has 0 aliphatic heterocycles. The van der Waals surface area contributed by atoms with E-state index in [2.05, 4.69) is 10.6 Å². The molecule has 0 bridgehead atoms. The van der Waals surface area contributed by atoms with Crippen LogP contribution in [0.2, 0.25) is 0 Å². The Kier molecular flexibility index (Phi) is 6.32. The highest BCUT2D eigenvalue weighted by Crippen LogP contribution is 2.32. The van der Waals surface area contributed by atoms with Crippen LogP contribution in [-0.4, -0.2) is 24.9 Å². The largest absolute Gasteiger partial charge is 0.417 e. The van der Waals surface area contributed by atoms with Crippen molar-refractivity contribution in [2.45, 2.75) is 12.4 Å². The van der Waals surface area contributed by atoms with Gasteiger partial charge in [-0.1, -0.05) is 24.3 Å². The lowest BCUT2D eigenvalue weighted by Gasteiger charge is -2.14. The van der Waals surface area contributed by atoms with E-state index in [1.54, 1.807) is 0 Å². The Morgan fingerprint density at radius 2 is 0.964 bits per heavy atom. The van der Waals surface area contributed by atoms with Gasteiger partial charge in [0.25, 0.3) is 11.8 Å². The summed E-state index contributed by atoms with van der Waals surface area (Å²) in [5, 5.41) is 4.37. The summed E-state index contributed by atoms with van der Waals surface area (Å²) in [6, 6.07) is 8.30. The Morgan fingerprint density at radius 1 is 0.643 bits per heavy atom. The summed E-state index contributed by atoms with van der Waals surface area (Å²) in [5.41, 5.74) is -3.42. The third-order valence-electron chi connectivity index (χ3n) is 3.65. The van der Waals surface area contributed by atoms with Crippen molar-refractivity contribution in [1.29, 1.82) is 0 Å². The Bertz CT molecular complexity index is 790. The van der Waals surface area contributed by atoms with Crippen LogP contribution in [0.1, 0.15) is 31.8 Å². The summed E-state index contributed by atoms with van der Waals surface area (Å²) in [4.78, 5) is 23.9. The first-order valence-electron chi connectivity index (χ1n) is 7.90. The quantitative estimate of drug-likeness (QED) is 0.587. The van der Waals surface area contributed by atoms with E-state index in [4.69, 9.17) is 0 Å². The van der Waals surface area contributed by atoms with Crippen LogP contribution >= 0.6 is 0 Å². The molecular formula is C18H14F6N2O2. The number of rotatable bonds is 5. The summed E-state index contributed by atoms with van der Waals surface area (Å²) in [7, 11) is 0. The zero-order chi connectivity index (χ0) is 20.9. The van der Waals surface area contributed by atoms with Crippen LogP contribution in [0.3, 0.4) is 0 Å². The molecule has 4 nitrogen and oxygen atoms in total. The van der Waals surface area contributed by atoms with Gasteiger partial charge in [-0.15, -0.1) is 0 Å². The van der Waals surface area contributed by atoms with E-state index in [0.717, 1.165) is 36.4 Å². The van der Waals surface area contributed by atoms with E-state index in [1.165, 1.54) is 12.1 Å². The molecule has 0 fully saturated rings. The molecule has 2 amide bonds. The monoisotopic (exact) mass is 404 g/mol. The third kappa shape index (κ3) is 5.24. The second kappa shape index (κ2) is 8.32. The van der Waals surface area contributed by atoms with Gasteiger partial charge in [0, 0.05) is 13.1 Å². The summed E-state index contributed by atoms with van der Waals surface area (Å²) >= 11 is 0. The van der Waals surface area contributed by atoms with Crippen molar-refractivity contribution in [1.82, 2.24) is 10.6 Å². The molecule has 10 heteroatoms. The molecule has 2 aromatic carbocycles. The van der Waals surface area contributed by atoms with Crippen LogP contribution in [0.5, 0.6) is 0 Å². The Labute approximate surface area is 155 Å². The second-order valence-electron chi connectivity index (χ2n) is 5.60. The first-order valence-corrected chi connectivity index (χ1v) is 7.90. The predicted octanol–water partition coefficient (Wildman–Crippen LogP) is 3.88. The first kappa shape index (κ1) is 21.3.